The molecule has 0 aliphatic carbocycles. The zero-order valence-electron chi connectivity index (χ0n) is 12.8. The summed E-state index contributed by atoms with van der Waals surface area (Å²) in [5.74, 6) is -1.89. The normalized spacial score (nSPS) is 11.0. The Balaban J connectivity index is 1.69. The van der Waals surface area contributed by atoms with Crippen LogP contribution in [-0.2, 0) is 13.5 Å². The van der Waals surface area contributed by atoms with Crippen LogP contribution in [0, 0.1) is 17.5 Å². The molecule has 4 nitrogen and oxygen atoms in total. The SMILES string of the molecule is Cn1c(CCNC(=O)c2cc(F)ccc2F)nc2cc(F)ccc21. The number of aryl methyl sites for hydroxylation is 1. The van der Waals surface area contributed by atoms with Gasteiger partial charge in [-0.15, -0.1) is 0 Å². The Hall–Kier alpha value is -2.83. The first-order valence-electron chi connectivity index (χ1n) is 7.30. The maximum Gasteiger partial charge on any atom is 0.254 e. The largest absolute Gasteiger partial charge is 0.351 e. The predicted molar refractivity (Wildman–Crippen MR) is 83.1 cm³/mol. The second kappa shape index (κ2) is 6.35. The van der Waals surface area contributed by atoms with E-state index >= 15 is 0 Å². The number of benzene rings is 2. The quantitative estimate of drug-likeness (QED) is 0.798. The van der Waals surface area contributed by atoms with Gasteiger partial charge in [0.1, 0.15) is 23.3 Å². The highest BCUT2D eigenvalue weighted by Crippen LogP contribution is 2.16. The molecule has 0 spiro atoms. The van der Waals surface area contributed by atoms with Crippen molar-refractivity contribution < 1.29 is 18.0 Å². The van der Waals surface area contributed by atoms with E-state index in [0.29, 0.717) is 17.8 Å². The van der Waals surface area contributed by atoms with Crippen LogP contribution < -0.4 is 5.32 Å². The van der Waals surface area contributed by atoms with E-state index in [4.69, 9.17) is 0 Å². The molecule has 3 rings (SSSR count). The summed E-state index contributed by atoms with van der Waals surface area (Å²) in [6.07, 6.45) is 0.371. The number of nitrogens with one attached hydrogen (secondary N) is 1. The van der Waals surface area contributed by atoms with Gasteiger partial charge in [-0.1, -0.05) is 0 Å². The summed E-state index contributed by atoms with van der Waals surface area (Å²) >= 11 is 0. The van der Waals surface area contributed by atoms with Crippen molar-refractivity contribution in [1.82, 2.24) is 14.9 Å². The molecule has 0 bridgehead atoms. The highest BCUT2D eigenvalue weighted by molar-refractivity contribution is 5.94. The Morgan fingerprint density at radius 3 is 2.62 bits per heavy atom. The first-order valence-corrected chi connectivity index (χ1v) is 7.30. The molecule has 24 heavy (non-hydrogen) atoms. The number of hydrogen-bond acceptors (Lipinski definition) is 2. The Kier molecular flexibility index (Phi) is 4.24. The average molecular weight is 333 g/mol. The Bertz CT molecular complexity index is 921. The van der Waals surface area contributed by atoms with Crippen LogP contribution in [0.15, 0.2) is 36.4 Å². The number of nitrogens with zero attached hydrogens (tertiary/aromatic N) is 2. The molecule has 0 saturated heterocycles. The maximum atomic E-state index is 13.5. The van der Waals surface area contributed by atoms with Crippen LogP contribution in [0.3, 0.4) is 0 Å². The summed E-state index contributed by atoms with van der Waals surface area (Å²) in [5, 5.41) is 2.53. The zero-order valence-corrected chi connectivity index (χ0v) is 12.8. The number of imidazole rings is 1. The summed E-state index contributed by atoms with van der Waals surface area (Å²) in [6, 6.07) is 7.02. The molecule has 3 aromatic rings. The molecule has 0 fully saturated rings. The van der Waals surface area contributed by atoms with E-state index in [1.165, 1.54) is 12.1 Å². The number of halogens is 3. The van der Waals surface area contributed by atoms with Gasteiger partial charge in [0.25, 0.3) is 5.91 Å². The minimum Gasteiger partial charge on any atom is -0.351 e. The molecular formula is C17H14F3N3O. The summed E-state index contributed by atoms with van der Waals surface area (Å²) in [4.78, 5) is 16.2. The summed E-state index contributed by atoms with van der Waals surface area (Å²) in [6.45, 7) is 0.189. The van der Waals surface area contributed by atoms with Crippen LogP contribution in [0.2, 0.25) is 0 Å². The topological polar surface area (TPSA) is 46.9 Å². The lowest BCUT2D eigenvalue weighted by Crippen LogP contribution is -2.27. The molecule has 0 saturated carbocycles. The van der Waals surface area contributed by atoms with Crippen LogP contribution in [0.1, 0.15) is 16.2 Å². The number of aromatic nitrogens is 2. The van der Waals surface area contributed by atoms with Crippen molar-refractivity contribution in [3.8, 4) is 0 Å². The lowest BCUT2D eigenvalue weighted by molar-refractivity contribution is 0.0949. The molecule has 0 radical (unpaired) electrons. The second-order valence-corrected chi connectivity index (χ2v) is 5.35. The standard InChI is InChI=1S/C17H14F3N3O/c1-23-15-5-3-11(19)9-14(15)22-16(23)6-7-21-17(24)12-8-10(18)2-4-13(12)20/h2-5,8-9H,6-7H2,1H3,(H,21,24). The third kappa shape index (κ3) is 3.10. The first-order chi connectivity index (χ1) is 11.5. The van der Waals surface area contributed by atoms with Crippen molar-refractivity contribution in [1.29, 1.82) is 0 Å². The van der Waals surface area contributed by atoms with Crippen LogP contribution in [0.25, 0.3) is 11.0 Å². The average Bonchev–Trinajstić information content (AvgIpc) is 2.85. The molecule has 2 aromatic carbocycles. The lowest BCUT2D eigenvalue weighted by Gasteiger charge is -2.06. The third-order valence-electron chi connectivity index (χ3n) is 3.74. The van der Waals surface area contributed by atoms with E-state index in [9.17, 15) is 18.0 Å². The smallest absolute Gasteiger partial charge is 0.254 e. The number of hydrogen-bond donors (Lipinski definition) is 1. The fourth-order valence-corrected chi connectivity index (χ4v) is 2.50. The fraction of sp³-hybridized carbons (Fsp3) is 0.176. The number of carbonyl (C=O) groups is 1. The molecule has 0 aliphatic rings. The maximum absolute atomic E-state index is 13.5. The molecule has 124 valence electrons. The number of rotatable bonds is 4. The van der Waals surface area contributed by atoms with Gasteiger partial charge in [-0.25, -0.2) is 18.2 Å². The van der Waals surface area contributed by atoms with E-state index in [-0.39, 0.29) is 17.9 Å². The van der Waals surface area contributed by atoms with Gasteiger partial charge >= 0.3 is 0 Å². The van der Waals surface area contributed by atoms with Gasteiger partial charge in [0, 0.05) is 26.1 Å². The second-order valence-electron chi connectivity index (χ2n) is 5.35. The van der Waals surface area contributed by atoms with E-state index < -0.39 is 17.5 Å². The first kappa shape index (κ1) is 16.0. The minimum absolute atomic E-state index is 0.189. The molecule has 1 N–H and O–H groups in total. The Morgan fingerprint density at radius 2 is 1.83 bits per heavy atom. The summed E-state index contributed by atoms with van der Waals surface area (Å²) in [7, 11) is 1.79. The lowest BCUT2D eigenvalue weighted by atomic mass is 10.2. The van der Waals surface area contributed by atoms with Gasteiger partial charge in [-0.05, 0) is 30.3 Å². The number of fused-ring (bicyclic) bond motifs is 1. The summed E-state index contributed by atoms with van der Waals surface area (Å²) < 4.78 is 41.7. The van der Waals surface area contributed by atoms with Crippen LogP contribution in [-0.4, -0.2) is 22.0 Å². The van der Waals surface area contributed by atoms with Crippen molar-refractivity contribution >= 4 is 16.9 Å². The van der Waals surface area contributed by atoms with Gasteiger partial charge < -0.3 is 9.88 Å². The highest BCUT2D eigenvalue weighted by atomic mass is 19.1. The highest BCUT2D eigenvalue weighted by Gasteiger charge is 2.13. The van der Waals surface area contributed by atoms with Crippen molar-refractivity contribution in [3.05, 3.63) is 65.2 Å². The van der Waals surface area contributed by atoms with Gasteiger partial charge in [-0.3, -0.25) is 4.79 Å². The minimum atomic E-state index is -0.785. The molecule has 7 heteroatoms. The van der Waals surface area contributed by atoms with E-state index in [1.54, 1.807) is 17.7 Å². The fourth-order valence-electron chi connectivity index (χ4n) is 2.50. The number of amides is 1. The van der Waals surface area contributed by atoms with Gasteiger partial charge in [-0.2, -0.15) is 0 Å². The number of carbonyl (C=O) groups excluding carboxylic acids is 1. The van der Waals surface area contributed by atoms with Crippen LogP contribution >= 0.6 is 0 Å². The molecule has 0 atom stereocenters. The van der Waals surface area contributed by atoms with Gasteiger partial charge in [0.05, 0.1) is 16.6 Å². The summed E-state index contributed by atoms with van der Waals surface area (Å²) in [5.41, 5.74) is 0.950. The Labute approximate surface area is 135 Å². The van der Waals surface area contributed by atoms with Crippen molar-refractivity contribution in [3.63, 3.8) is 0 Å². The van der Waals surface area contributed by atoms with Crippen LogP contribution in [0.5, 0.6) is 0 Å². The molecule has 0 aliphatic heterocycles. The predicted octanol–water partition coefficient (Wildman–Crippen LogP) is 2.96. The van der Waals surface area contributed by atoms with Crippen LogP contribution in [0.4, 0.5) is 13.2 Å². The molecule has 0 unspecified atom stereocenters. The van der Waals surface area contributed by atoms with Crippen molar-refractivity contribution in [2.45, 2.75) is 6.42 Å². The monoisotopic (exact) mass is 333 g/mol. The van der Waals surface area contributed by atoms with Crippen molar-refractivity contribution in [2.24, 2.45) is 7.05 Å². The van der Waals surface area contributed by atoms with Gasteiger partial charge in [0.15, 0.2) is 0 Å². The van der Waals surface area contributed by atoms with E-state index in [2.05, 4.69) is 10.3 Å². The van der Waals surface area contributed by atoms with Gasteiger partial charge in [0.2, 0.25) is 0 Å². The molecule has 1 heterocycles. The Morgan fingerprint density at radius 1 is 1.12 bits per heavy atom. The molecule has 1 amide bonds. The molecule has 1 aromatic heterocycles. The van der Waals surface area contributed by atoms with E-state index in [1.807, 2.05) is 0 Å². The zero-order chi connectivity index (χ0) is 17.3. The molecular weight excluding hydrogens is 319 g/mol. The third-order valence-corrected chi connectivity index (χ3v) is 3.74. The van der Waals surface area contributed by atoms with E-state index in [0.717, 1.165) is 23.7 Å². The van der Waals surface area contributed by atoms with Crippen molar-refractivity contribution in [2.75, 3.05) is 6.54 Å².